The Hall–Kier alpha value is -1.64. The van der Waals surface area contributed by atoms with Gasteiger partial charge in [0, 0.05) is 1.43 Å². The standard InChI is InChI=1S/C11H13NO2.H2/c13-8-11(12-9-14)7-6-10-4-2-1-3-5-10;/h1-5,8-9,11H,6-7H2,(H,12,14);1H/t11-;/m0./s1. The number of aryl methyl sites for hydroxylation is 1. The Morgan fingerprint density at radius 1 is 1.29 bits per heavy atom. The summed E-state index contributed by atoms with van der Waals surface area (Å²) in [6.07, 6.45) is 2.76. The second kappa shape index (κ2) is 5.91. The van der Waals surface area contributed by atoms with Crippen molar-refractivity contribution in [3.8, 4) is 0 Å². The molecule has 14 heavy (non-hydrogen) atoms. The van der Waals surface area contributed by atoms with Crippen molar-refractivity contribution >= 4 is 12.7 Å². The van der Waals surface area contributed by atoms with Crippen LogP contribution < -0.4 is 5.32 Å². The molecule has 0 aliphatic heterocycles. The Morgan fingerprint density at radius 2 is 2.00 bits per heavy atom. The lowest BCUT2D eigenvalue weighted by atomic mass is 10.1. The quantitative estimate of drug-likeness (QED) is 0.689. The maximum Gasteiger partial charge on any atom is 0.207 e. The van der Waals surface area contributed by atoms with E-state index in [2.05, 4.69) is 5.32 Å². The summed E-state index contributed by atoms with van der Waals surface area (Å²) < 4.78 is 0. The van der Waals surface area contributed by atoms with Gasteiger partial charge in [0.2, 0.25) is 6.41 Å². The first-order valence-corrected chi connectivity index (χ1v) is 4.55. The average Bonchev–Trinajstić information content (AvgIpc) is 2.25. The van der Waals surface area contributed by atoms with Crippen molar-refractivity contribution in [3.63, 3.8) is 0 Å². The van der Waals surface area contributed by atoms with Gasteiger partial charge in [-0.2, -0.15) is 0 Å². The number of amides is 1. The molecule has 1 atom stereocenters. The molecule has 0 heterocycles. The zero-order valence-electron chi connectivity index (χ0n) is 7.85. The van der Waals surface area contributed by atoms with Gasteiger partial charge in [0.1, 0.15) is 6.29 Å². The third-order valence-electron chi connectivity index (χ3n) is 2.03. The van der Waals surface area contributed by atoms with Gasteiger partial charge in [0.15, 0.2) is 0 Å². The molecule has 0 aliphatic carbocycles. The maximum atomic E-state index is 10.5. The van der Waals surface area contributed by atoms with Crippen molar-refractivity contribution in [2.75, 3.05) is 0 Å². The van der Waals surface area contributed by atoms with Crippen molar-refractivity contribution in [3.05, 3.63) is 35.9 Å². The lowest BCUT2D eigenvalue weighted by molar-refractivity contribution is -0.115. The van der Waals surface area contributed by atoms with Crippen LogP contribution in [0.3, 0.4) is 0 Å². The van der Waals surface area contributed by atoms with Crippen LogP contribution in [0.4, 0.5) is 0 Å². The summed E-state index contributed by atoms with van der Waals surface area (Å²) in [4.78, 5) is 20.6. The molecule has 0 aromatic heterocycles. The summed E-state index contributed by atoms with van der Waals surface area (Å²) in [6, 6.07) is 9.50. The van der Waals surface area contributed by atoms with E-state index < -0.39 is 0 Å². The third kappa shape index (κ3) is 3.39. The van der Waals surface area contributed by atoms with Gasteiger partial charge in [-0.25, -0.2) is 0 Å². The Balaban J connectivity index is 0.00000196. The predicted molar refractivity (Wildman–Crippen MR) is 55.9 cm³/mol. The molecule has 1 rings (SSSR count). The summed E-state index contributed by atoms with van der Waals surface area (Å²) in [5.74, 6) is 0. The highest BCUT2D eigenvalue weighted by molar-refractivity contribution is 5.63. The summed E-state index contributed by atoms with van der Waals surface area (Å²) >= 11 is 0. The minimum Gasteiger partial charge on any atom is -0.349 e. The molecule has 0 bridgehead atoms. The van der Waals surface area contributed by atoms with E-state index in [1.807, 2.05) is 30.3 Å². The van der Waals surface area contributed by atoms with E-state index in [9.17, 15) is 9.59 Å². The predicted octanol–water partition coefficient (Wildman–Crippen LogP) is 1.18. The molecule has 1 aromatic carbocycles. The molecule has 0 aliphatic rings. The van der Waals surface area contributed by atoms with Crippen LogP contribution in [-0.4, -0.2) is 18.7 Å². The van der Waals surface area contributed by atoms with Crippen molar-refractivity contribution in [2.45, 2.75) is 18.9 Å². The van der Waals surface area contributed by atoms with Crippen molar-refractivity contribution in [2.24, 2.45) is 0 Å². The van der Waals surface area contributed by atoms with E-state index in [0.717, 1.165) is 12.7 Å². The van der Waals surface area contributed by atoms with Crippen molar-refractivity contribution < 1.29 is 11.0 Å². The second-order valence-corrected chi connectivity index (χ2v) is 3.05. The molecule has 1 aromatic rings. The lowest BCUT2D eigenvalue weighted by Gasteiger charge is -2.07. The number of carbonyl (C=O) groups excluding carboxylic acids is 2. The third-order valence-corrected chi connectivity index (χ3v) is 2.03. The molecule has 0 unspecified atom stereocenters. The van der Waals surface area contributed by atoms with Gasteiger partial charge < -0.3 is 10.1 Å². The normalized spacial score (nSPS) is 11.7. The van der Waals surface area contributed by atoms with Crippen LogP contribution in [0.15, 0.2) is 30.3 Å². The summed E-state index contributed by atoms with van der Waals surface area (Å²) in [5.41, 5.74) is 1.17. The highest BCUT2D eigenvalue weighted by atomic mass is 16.1. The average molecular weight is 193 g/mol. The number of aldehydes is 1. The topological polar surface area (TPSA) is 46.2 Å². The van der Waals surface area contributed by atoms with Crippen molar-refractivity contribution in [1.82, 2.24) is 5.32 Å². The maximum absolute atomic E-state index is 10.5. The van der Waals surface area contributed by atoms with Gasteiger partial charge in [0.05, 0.1) is 6.04 Å². The first-order valence-electron chi connectivity index (χ1n) is 4.55. The largest absolute Gasteiger partial charge is 0.349 e. The molecule has 0 saturated carbocycles. The van der Waals surface area contributed by atoms with Crippen LogP contribution in [0, 0.1) is 0 Å². The molecule has 3 nitrogen and oxygen atoms in total. The molecule has 0 fully saturated rings. The number of carbonyl (C=O) groups is 2. The summed E-state index contributed by atoms with van der Waals surface area (Å²) in [6.45, 7) is 0. The number of rotatable bonds is 6. The van der Waals surface area contributed by atoms with Crippen molar-refractivity contribution in [1.29, 1.82) is 0 Å². The SMILES string of the molecule is O=CN[C@H](C=O)CCc1ccccc1.[HH]. The monoisotopic (exact) mass is 193 g/mol. The highest BCUT2D eigenvalue weighted by Gasteiger charge is 2.04. The Labute approximate surface area is 84.6 Å². The van der Waals surface area contributed by atoms with E-state index in [4.69, 9.17) is 0 Å². The van der Waals surface area contributed by atoms with E-state index in [1.54, 1.807) is 0 Å². The summed E-state index contributed by atoms with van der Waals surface area (Å²) in [7, 11) is 0. The summed E-state index contributed by atoms with van der Waals surface area (Å²) in [5, 5.41) is 2.45. The molecule has 3 heteroatoms. The Morgan fingerprint density at radius 3 is 2.57 bits per heavy atom. The highest BCUT2D eigenvalue weighted by Crippen LogP contribution is 2.03. The number of benzene rings is 1. The molecule has 0 saturated heterocycles. The lowest BCUT2D eigenvalue weighted by Crippen LogP contribution is -2.29. The minimum absolute atomic E-state index is 0. The van der Waals surface area contributed by atoms with Crippen LogP contribution in [0.2, 0.25) is 0 Å². The fraction of sp³-hybridized carbons (Fsp3) is 0.273. The smallest absolute Gasteiger partial charge is 0.207 e. The minimum atomic E-state index is -0.368. The van der Waals surface area contributed by atoms with E-state index in [1.165, 1.54) is 5.56 Å². The first kappa shape index (κ1) is 10.4. The van der Waals surface area contributed by atoms with Crippen LogP contribution in [0.1, 0.15) is 13.4 Å². The Kier molecular flexibility index (Phi) is 4.41. The zero-order chi connectivity index (χ0) is 10.2. The number of hydrogen-bond acceptors (Lipinski definition) is 2. The molecular formula is C11H15NO2. The molecular weight excluding hydrogens is 178 g/mol. The fourth-order valence-electron chi connectivity index (χ4n) is 1.24. The molecule has 1 N–H and O–H groups in total. The molecule has 0 spiro atoms. The van der Waals surface area contributed by atoms with Crippen LogP contribution in [0.5, 0.6) is 0 Å². The van der Waals surface area contributed by atoms with E-state index in [0.29, 0.717) is 12.8 Å². The second-order valence-electron chi connectivity index (χ2n) is 3.05. The van der Waals surface area contributed by atoms with Crippen LogP contribution >= 0.6 is 0 Å². The molecule has 76 valence electrons. The molecule has 0 radical (unpaired) electrons. The fourth-order valence-corrected chi connectivity index (χ4v) is 1.24. The number of nitrogens with one attached hydrogen (secondary N) is 1. The van der Waals surface area contributed by atoms with Gasteiger partial charge >= 0.3 is 0 Å². The van der Waals surface area contributed by atoms with Gasteiger partial charge in [0.25, 0.3) is 0 Å². The molecule has 1 amide bonds. The van der Waals surface area contributed by atoms with Gasteiger partial charge in [-0.3, -0.25) is 4.79 Å². The Bertz CT molecular complexity index is 290. The van der Waals surface area contributed by atoms with Gasteiger partial charge in [-0.15, -0.1) is 0 Å². The van der Waals surface area contributed by atoms with E-state index in [-0.39, 0.29) is 7.47 Å². The van der Waals surface area contributed by atoms with Crippen LogP contribution in [0.25, 0.3) is 0 Å². The first-order chi connectivity index (χ1) is 6.86. The van der Waals surface area contributed by atoms with Gasteiger partial charge in [-0.1, -0.05) is 30.3 Å². The number of hydrogen-bond donors (Lipinski definition) is 1. The van der Waals surface area contributed by atoms with Crippen LogP contribution in [-0.2, 0) is 16.0 Å². The zero-order valence-corrected chi connectivity index (χ0v) is 7.85. The van der Waals surface area contributed by atoms with E-state index >= 15 is 0 Å². The van der Waals surface area contributed by atoms with Gasteiger partial charge in [-0.05, 0) is 18.4 Å².